The molecule has 1 heterocycles. The first-order chi connectivity index (χ1) is 24.9. The summed E-state index contributed by atoms with van der Waals surface area (Å²) < 4.78 is 78.1. The Balaban J connectivity index is 0.000000587. The van der Waals surface area contributed by atoms with Gasteiger partial charge in [0.15, 0.2) is 11.3 Å². The van der Waals surface area contributed by atoms with E-state index >= 15 is 0 Å². The Labute approximate surface area is 310 Å². The van der Waals surface area contributed by atoms with Crippen LogP contribution in [0.25, 0.3) is 33.4 Å². The van der Waals surface area contributed by atoms with Crippen LogP contribution < -0.4 is 26.2 Å². The number of carbonyl (C=O) groups excluding carboxylic acids is 1. The number of carboxylic acid groups (broad SMARTS) is 1. The molecular formula is C36H47N5O10S2. The van der Waals surface area contributed by atoms with Crippen LogP contribution in [0.1, 0.15) is 62.3 Å². The number of benzene rings is 3. The number of terminal acetylenes is 1. The molecule has 0 spiro atoms. The van der Waals surface area contributed by atoms with Gasteiger partial charge in [0.05, 0.1) is 62.4 Å². The van der Waals surface area contributed by atoms with E-state index in [9.17, 15) is 40.6 Å². The third-order valence-electron chi connectivity index (χ3n) is 8.63. The van der Waals surface area contributed by atoms with Crippen molar-refractivity contribution in [3.63, 3.8) is 0 Å². The summed E-state index contributed by atoms with van der Waals surface area (Å²) in [4.78, 5) is 25.8. The number of aromatic carboxylic acids is 1. The Morgan fingerprint density at radius 3 is 1.79 bits per heavy atom. The number of nitrogens with one attached hydrogen (secondary N) is 4. The van der Waals surface area contributed by atoms with Gasteiger partial charge in [-0.1, -0.05) is 12.0 Å². The second kappa shape index (κ2) is 19.3. The lowest BCUT2D eigenvalue weighted by Gasteiger charge is -2.22. The number of nitrogen functional groups attached to an aromatic ring is 1. The number of carbonyl (C=O) groups is 2. The summed E-state index contributed by atoms with van der Waals surface area (Å²) in [7, 11) is -10.8. The van der Waals surface area contributed by atoms with Gasteiger partial charge in [0.2, 0.25) is 0 Å². The molecule has 53 heavy (non-hydrogen) atoms. The molecule has 17 heteroatoms. The summed E-state index contributed by atoms with van der Waals surface area (Å²) in [5.74, 6) is -0.854. The van der Waals surface area contributed by atoms with Crippen LogP contribution in [-0.2, 0) is 20.2 Å². The van der Waals surface area contributed by atoms with Crippen molar-refractivity contribution in [1.29, 1.82) is 5.41 Å². The normalized spacial score (nSPS) is 11.4. The molecule has 0 saturated carbocycles. The second-order valence-electron chi connectivity index (χ2n) is 11.6. The van der Waals surface area contributed by atoms with E-state index in [1.807, 2.05) is 0 Å². The number of carboxylic acids is 1. The van der Waals surface area contributed by atoms with Gasteiger partial charge >= 0.3 is 5.97 Å². The first-order valence-corrected chi connectivity index (χ1v) is 19.7. The molecule has 2 aliphatic rings. The highest BCUT2D eigenvalue weighted by molar-refractivity contribution is 7.86. The molecular weight excluding hydrogens is 727 g/mol. The maximum absolute atomic E-state index is 12.4. The maximum atomic E-state index is 12.4. The number of quaternary nitrogens is 2. The van der Waals surface area contributed by atoms with Crippen molar-refractivity contribution in [3.8, 4) is 34.8 Å². The Morgan fingerprint density at radius 1 is 0.849 bits per heavy atom. The molecule has 7 N–H and O–H groups in total. The topological polar surface area (TPSA) is 253 Å². The third-order valence-corrected chi connectivity index (χ3v) is 10.5. The number of anilines is 1. The van der Waals surface area contributed by atoms with E-state index in [1.54, 1.807) is 9.80 Å². The molecule has 0 fully saturated rings. The first-order valence-electron chi connectivity index (χ1n) is 16.9. The highest BCUT2D eigenvalue weighted by Crippen LogP contribution is 2.45. The predicted octanol–water partition coefficient (Wildman–Crippen LogP) is 0.998. The number of hydrogen-bond donors (Lipinski definition) is 6. The van der Waals surface area contributed by atoms with Gasteiger partial charge < -0.3 is 39.5 Å². The van der Waals surface area contributed by atoms with E-state index in [-0.39, 0.29) is 34.2 Å². The monoisotopic (exact) mass is 773 g/mol. The minimum absolute atomic E-state index is 0.107. The van der Waals surface area contributed by atoms with Crippen LogP contribution >= 0.6 is 0 Å². The van der Waals surface area contributed by atoms with Crippen LogP contribution in [0.4, 0.5) is 5.69 Å². The summed E-state index contributed by atoms with van der Waals surface area (Å²) in [6, 6.07) is 7.76. The molecule has 1 aliphatic heterocycles. The Kier molecular flexibility index (Phi) is 16.1. The smallest absolute Gasteiger partial charge is 0.336 e. The molecule has 0 atom stereocenters. The molecule has 0 saturated heterocycles. The van der Waals surface area contributed by atoms with Crippen molar-refractivity contribution in [3.05, 3.63) is 58.9 Å². The highest BCUT2D eigenvalue weighted by atomic mass is 32.2. The van der Waals surface area contributed by atoms with Crippen molar-refractivity contribution in [2.75, 3.05) is 51.5 Å². The molecule has 2 aromatic rings. The van der Waals surface area contributed by atoms with Crippen molar-refractivity contribution >= 4 is 48.8 Å². The quantitative estimate of drug-likeness (QED) is 0.0513. The second-order valence-corrected chi connectivity index (χ2v) is 14.3. The first kappa shape index (κ1) is 44.3. The molecule has 1 amide bonds. The van der Waals surface area contributed by atoms with Gasteiger partial charge in [0.25, 0.3) is 5.91 Å². The van der Waals surface area contributed by atoms with E-state index in [0.29, 0.717) is 0 Å². The van der Waals surface area contributed by atoms with Gasteiger partial charge in [-0.15, -0.1) is 6.42 Å². The number of rotatable bonds is 12. The van der Waals surface area contributed by atoms with E-state index < -0.39 is 69.9 Å². The standard InChI is InChI=1S/C24H17N3O10S2.2C6H15N/c1-2-9-27-23(28)11-3-4-12(15(10-11)24(29)30)18-13-5-7-16(25)21(38(31,32)33)19(13)37-20-14(18)6-8-17(26)22(20)39(34,35)36;2*1-4-7(5-2)6-3/h1,3-8,10,25H,9,26H2,(H,27,28)(H,29,30)(H,31,32,33)(H,34,35,36);2*4-6H2,1-3H3. The molecule has 0 bridgehead atoms. The zero-order valence-corrected chi connectivity index (χ0v) is 32.2. The van der Waals surface area contributed by atoms with Crippen LogP contribution in [0.5, 0.6) is 0 Å². The molecule has 0 aromatic heterocycles. The van der Waals surface area contributed by atoms with Crippen LogP contribution in [0.3, 0.4) is 0 Å². The average molecular weight is 774 g/mol. The zero-order chi connectivity index (χ0) is 40.3. The number of amides is 1. The lowest BCUT2D eigenvalue weighted by Crippen LogP contribution is -3.11. The summed E-state index contributed by atoms with van der Waals surface area (Å²) in [6.45, 7) is 20.8. The summed E-state index contributed by atoms with van der Waals surface area (Å²) in [5.41, 5.74) is 3.22. The summed E-state index contributed by atoms with van der Waals surface area (Å²) >= 11 is 0. The van der Waals surface area contributed by atoms with E-state index in [0.717, 1.165) is 24.3 Å². The lowest BCUT2D eigenvalue weighted by molar-refractivity contribution is -0.894. The van der Waals surface area contributed by atoms with Crippen LogP contribution in [-0.4, -0.2) is 88.7 Å². The minimum Gasteiger partial charge on any atom is -0.744 e. The van der Waals surface area contributed by atoms with Crippen molar-refractivity contribution in [2.45, 2.75) is 51.3 Å². The molecule has 288 valence electrons. The summed E-state index contributed by atoms with van der Waals surface area (Å²) in [5, 5.41) is 19.3. The molecule has 15 nitrogen and oxygen atoms in total. The van der Waals surface area contributed by atoms with E-state index in [2.05, 4.69) is 52.8 Å². The van der Waals surface area contributed by atoms with Crippen molar-refractivity contribution in [1.82, 2.24) is 5.32 Å². The van der Waals surface area contributed by atoms with Gasteiger partial charge in [-0.25, -0.2) is 21.6 Å². The molecule has 1 aliphatic carbocycles. The van der Waals surface area contributed by atoms with Crippen LogP contribution in [0.2, 0.25) is 0 Å². The van der Waals surface area contributed by atoms with Crippen molar-refractivity contribution in [2.24, 2.45) is 0 Å². The van der Waals surface area contributed by atoms with Crippen molar-refractivity contribution < 1.29 is 54.9 Å². The molecule has 2 aromatic carbocycles. The number of nitrogens with two attached hydrogens (primary N) is 1. The Morgan fingerprint density at radius 2 is 1.36 bits per heavy atom. The SMILES string of the molecule is C#CCNC(=O)c1ccc(-c2c3ccc(=N)c(S(=O)(=O)[O-])c-3oc3c(S(=O)(=O)[O-])c(N)ccc23)c(C(=O)O)c1.CC[NH+](CC)CC.CC[NH+](CC)CC. The predicted molar refractivity (Wildman–Crippen MR) is 198 cm³/mol. The number of fused-ring (bicyclic) bond motifs is 2. The lowest BCUT2D eigenvalue weighted by atomic mass is 9.89. The fraction of sp³-hybridized carbons (Fsp3) is 0.361. The van der Waals surface area contributed by atoms with Crippen LogP contribution in [0, 0.1) is 17.8 Å². The molecule has 4 rings (SSSR count). The maximum Gasteiger partial charge on any atom is 0.336 e. The molecule has 0 radical (unpaired) electrons. The average Bonchev–Trinajstić information content (AvgIpc) is 3.10. The van der Waals surface area contributed by atoms with Gasteiger partial charge in [-0.05, 0) is 83.5 Å². The Hall–Kier alpha value is -4.83. The third kappa shape index (κ3) is 10.9. The summed E-state index contributed by atoms with van der Waals surface area (Å²) in [6.07, 6.45) is 5.13. The van der Waals surface area contributed by atoms with Gasteiger partial charge in [0.1, 0.15) is 30.0 Å². The van der Waals surface area contributed by atoms with Gasteiger partial charge in [-0.2, -0.15) is 0 Å². The van der Waals surface area contributed by atoms with Gasteiger partial charge in [-0.3, -0.25) is 10.2 Å². The van der Waals surface area contributed by atoms with E-state index in [1.165, 1.54) is 57.5 Å². The Bertz CT molecular complexity index is 2200. The minimum atomic E-state index is -5.41. The van der Waals surface area contributed by atoms with E-state index in [4.69, 9.17) is 22.0 Å². The highest BCUT2D eigenvalue weighted by Gasteiger charge is 2.29. The van der Waals surface area contributed by atoms with Crippen LogP contribution in [0.15, 0.2) is 56.7 Å². The number of hydrogen-bond acceptors (Lipinski definition) is 11. The van der Waals surface area contributed by atoms with Gasteiger partial charge in [0, 0.05) is 22.1 Å². The zero-order valence-electron chi connectivity index (χ0n) is 30.6. The molecule has 0 unspecified atom stereocenters. The fourth-order valence-electron chi connectivity index (χ4n) is 5.59. The largest absolute Gasteiger partial charge is 0.744 e. The fourth-order valence-corrected chi connectivity index (χ4v) is 7.05.